The fourth-order valence-electron chi connectivity index (χ4n) is 1.09. The second-order valence-electron chi connectivity index (χ2n) is 3.29. The number of hydrogen-bond donors (Lipinski definition) is 2. The number of carboxylic acid groups (broad SMARTS) is 1. The fraction of sp³-hybridized carbons (Fsp3) is 0.778. The molecule has 0 aliphatic heterocycles. The summed E-state index contributed by atoms with van der Waals surface area (Å²) in [5.41, 5.74) is 0. The van der Waals surface area contributed by atoms with Crippen LogP contribution in [0.25, 0.3) is 0 Å². The highest BCUT2D eigenvalue weighted by atomic mass is 19.3. The van der Waals surface area contributed by atoms with Crippen molar-refractivity contribution in [2.24, 2.45) is 0 Å². The normalized spacial score (nSPS) is 15.1. The van der Waals surface area contributed by atoms with Crippen LogP contribution in [0.2, 0.25) is 0 Å². The third-order valence-electron chi connectivity index (χ3n) is 1.82. The number of hydrogen-bond acceptors (Lipinski definition) is 3. The molecule has 2 N–H and O–H groups in total. The van der Waals surface area contributed by atoms with E-state index in [1.54, 1.807) is 0 Å². The maximum Gasteiger partial charge on any atom is 0.386 e. The molecule has 8 heteroatoms. The zero-order valence-corrected chi connectivity index (χ0v) is 9.37. The molecular formula is C9H14F3NO4. The third kappa shape index (κ3) is 5.53. The monoisotopic (exact) mass is 257 g/mol. The molecular weight excluding hydrogens is 243 g/mol. The lowest BCUT2D eigenvalue weighted by Crippen LogP contribution is -2.45. The number of halogens is 3. The summed E-state index contributed by atoms with van der Waals surface area (Å²) in [5, 5.41) is 10.5. The van der Waals surface area contributed by atoms with Gasteiger partial charge < -0.3 is 15.2 Å². The summed E-state index contributed by atoms with van der Waals surface area (Å²) < 4.78 is 42.8. The molecule has 1 amide bonds. The van der Waals surface area contributed by atoms with E-state index in [1.165, 1.54) is 6.92 Å². The fourth-order valence-corrected chi connectivity index (χ4v) is 1.09. The Hall–Kier alpha value is -1.31. The highest BCUT2D eigenvalue weighted by Crippen LogP contribution is 2.26. The van der Waals surface area contributed by atoms with Gasteiger partial charge in [0.2, 0.25) is 5.91 Å². The first kappa shape index (κ1) is 15.7. The van der Waals surface area contributed by atoms with Crippen LogP contribution in [0.1, 0.15) is 20.3 Å². The molecule has 0 fully saturated rings. The van der Waals surface area contributed by atoms with Crippen LogP contribution in [-0.2, 0) is 14.3 Å². The van der Waals surface area contributed by atoms with Gasteiger partial charge in [-0.25, -0.2) is 9.18 Å². The Balaban J connectivity index is 4.54. The van der Waals surface area contributed by atoms with E-state index in [9.17, 15) is 22.8 Å². The van der Waals surface area contributed by atoms with Crippen molar-refractivity contribution in [3.63, 3.8) is 0 Å². The van der Waals surface area contributed by atoms with E-state index >= 15 is 0 Å². The highest BCUT2D eigenvalue weighted by Gasteiger charge is 2.43. The predicted octanol–water partition coefficient (Wildman–Crippen LogP) is 0.933. The number of carbonyl (C=O) groups excluding carboxylic acids is 1. The molecule has 0 aromatic carbocycles. The van der Waals surface area contributed by atoms with E-state index in [0.29, 0.717) is 0 Å². The van der Waals surface area contributed by atoms with Gasteiger partial charge >= 0.3 is 12.1 Å². The van der Waals surface area contributed by atoms with Crippen LogP contribution in [0, 0.1) is 0 Å². The second kappa shape index (κ2) is 6.43. The first-order valence-electron chi connectivity index (χ1n) is 4.86. The zero-order valence-electron chi connectivity index (χ0n) is 9.37. The van der Waals surface area contributed by atoms with Crippen molar-refractivity contribution in [3.05, 3.63) is 0 Å². The summed E-state index contributed by atoms with van der Waals surface area (Å²) >= 11 is 0. The van der Waals surface area contributed by atoms with Crippen LogP contribution in [0.4, 0.5) is 13.2 Å². The lowest BCUT2D eigenvalue weighted by Gasteiger charge is -2.22. The third-order valence-corrected chi connectivity index (χ3v) is 1.82. The lowest BCUT2D eigenvalue weighted by molar-refractivity contribution is -0.272. The van der Waals surface area contributed by atoms with E-state index in [1.807, 2.05) is 5.32 Å². The number of alkyl halides is 3. The van der Waals surface area contributed by atoms with E-state index in [-0.39, 0.29) is 0 Å². The quantitative estimate of drug-likeness (QED) is 0.711. The number of aliphatic carboxylic acids is 1. The molecule has 0 spiro atoms. The first-order valence-corrected chi connectivity index (χ1v) is 4.86. The van der Waals surface area contributed by atoms with E-state index in [4.69, 9.17) is 5.11 Å². The molecule has 0 bridgehead atoms. The van der Waals surface area contributed by atoms with E-state index in [0.717, 1.165) is 6.92 Å². The molecule has 0 aliphatic carbocycles. The van der Waals surface area contributed by atoms with E-state index in [2.05, 4.69) is 4.74 Å². The molecule has 0 radical (unpaired) electrons. The van der Waals surface area contributed by atoms with Gasteiger partial charge in [0.05, 0.1) is 6.61 Å². The van der Waals surface area contributed by atoms with Crippen molar-refractivity contribution >= 4 is 11.9 Å². The predicted molar refractivity (Wildman–Crippen MR) is 51.3 cm³/mol. The summed E-state index contributed by atoms with van der Waals surface area (Å²) in [6.45, 7) is 1.85. The Morgan fingerprint density at radius 1 is 1.47 bits per heavy atom. The average molecular weight is 257 g/mol. The van der Waals surface area contributed by atoms with Gasteiger partial charge in [-0.2, -0.15) is 8.78 Å². The zero-order chi connectivity index (χ0) is 13.6. The maximum absolute atomic E-state index is 13.1. The molecule has 0 saturated carbocycles. The summed E-state index contributed by atoms with van der Waals surface area (Å²) in [5.74, 6) is -2.33. The van der Waals surface area contributed by atoms with Crippen LogP contribution in [0.15, 0.2) is 0 Å². The van der Waals surface area contributed by atoms with Crippen LogP contribution in [0.3, 0.4) is 0 Å². The van der Waals surface area contributed by atoms with Crippen molar-refractivity contribution in [2.75, 3.05) is 6.61 Å². The van der Waals surface area contributed by atoms with Crippen LogP contribution >= 0.6 is 0 Å². The molecule has 2 unspecified atom stereocenters. The minimum absolute atomic E-state index is 0.411. The van der Waals surface area contributed by atoms with Crippen molar-refractivity contribution in [3.8, 4) is 0 Å². The Kier molecular flexibility index (Phi) is 5.94. The standard InChI is InChI=1S/C9H14F3NO4/c1-3-17-9(11,12)7(10)4-6(8(15)16)13-5(2)14/h6-7H,3-4H2,1-2H3,(H,13,14)(H,15,16). The number of ether oxygens (including phenoxy) is 1. The molecule has 0 aromatic rings. The van der Waals surface area contributed by atoms with Gasteiger partial charge in [0.25, 0.3) is 0 Å². The second-order valence-corrected chi connectivity index (χ2v) is 3.29. The molecule has 0 rings (SSSR count). The Bertz CT molecular complexity index is 285. The van der Waals surface area contributed by atoms with Gasteiger partial charge in [0.1, 0.15) is 6.04 Å². The van der Waals surface area contributed by atoms with Crippen molar-refractivity contribution in [1.82, 2.24) is 5.32 Å². The molecule has 0 aliphatic rings. The average Bonchev–Trinajstić information content (AvgIpc) is 2.15. The Morgan fingerprint density at radius 2 is 2.00 bits per heavy atom. The lowest BCUT2D eigenvalue weighted by atomic mass is 10.1. The van der Waals surface area contributed by atoms with Crippen molar-refractivity contribution in [1.29, 1.82) is 0 Å². The SMILES string of the molecule is CCOC(F)(F)C(F)CC(NC(C)=O)C(=O)O. The molecule has 0 heterocycles. The van der Waals surface area contributed by atoms with Gasteiger partial charge in [-0.05, 0) is 6.92 Å². The number of nitrogens with one attached hydrogen (secondary N) is 1. The van der Waals surface area contributed by atoms with Gasteiger partial charge in [-0.15, -0.1) is 0 Å². The molecule has 5 nitrogen and oxygen atoms in total. The number of carbonyl (C=O) groups is 2. The van der Waals surface area contributed by atoms with E-state index < -0.39 is 43.2 Å². The topological polar surface area (TPSA) is 75.6 Å². The molecule has 100 valence electrons. The summed E-state index contributed by atoms with van der Waals surface area (Å²) in [7, 11) is 0. The van der Waals surface area contributed by atoms with Crippen molar-refractivity contribution in [2.45, 2.75) is 38.6 Å². The molecule has 17 heavy (non-hydrogen) atoms. The number of rotatable bonds is 7. The molecule has 2 atom stereocenters. The summed E-state index contributed by atoms with van der Waals surface area (Å²) in [6.07, 6.45) is -7.95. The van der Waals surface area contributed by atoms with Gasteiger partial charge in [-0.3, -0.25) is 4.79 Å². The summed E-state index contributed by atoms with van der Waals surface area (Å²) in [4.78, 5) is 21.2. The maximum atomic E-state index is 13.1. The smallest absolute Gasteiger partial charge is 0.386 e. The molecule has 0 aromatic heterocycles. The Labute approximate surface area is 95.9 Å². The van der Waals surface area contributed by atoms with Crippen LogP contribution in [-0.4, -0.2) is 41.9 Å². The minimum Gasteiger partial charge on any atom is -0.480 e. The van der Waals surface area contributed by atoms with Gasteiger partial charge in [0.15, 0.2) is 6.17 Å². The van der Waals surface area contributed by atoms with Crippen molar-refractivity contribution < 1.29 is 32.6 Å². The summed E-state index contributed by atoms with van der Waals surface area (Å²) in [6, 6.07) is -1.71. The Morgan fingerprint density at radius 3 is 2.35 bits per heavy atom. The van der Waals surface area contributed by atoms with Crippen LogP contribution in [0.5, 0.6) is 0 Å². The highest BCUT2D eigenvalue weighted by molar-refractivity contribution is 5.82. The van der Waals surface area contributed by atoms with Crippen LogP contribution < -0.4 is 5.32 Å². The minimum atomic E-state index is -4.07. The van der Waals surface area contributed by atoms with Gasteiger partial charge in [0, 0.05) is 13.3 Å². The first-order chi connectivity index (χ1) is 7.70. The molecule has 0 saturated heterocycles. The van der Waals surface area contributed by atoms with Gasteiger partial charge in [-0.1, -0.05) is 0 Å². The number of amides is 1. The number of carboxylic acids is 1. The largest absolute Gasteiger partial charge is 0.480 e.